The molecule has 1 spiro atoms. The molecule has 0 saturated carbocycles. The lowest BCUT2D eigenvalue weighted by Gasteiger charge is -2.42. The van der Waals surface area contributed by atoms with Crippen LogP contribution in [0.5, 0.6) is 0 Å². The molecule has 4 fully saturated rings. The van der Waals surface area contributed by atoms with Gasteiger partial charge < -0.3 is 33.7 Å². The SMILES string of the molecule is CC1(C)OC[C@H]([C@H]2O[C@@H]3OC(C)(C)O[C@@H]3[C@@]23CCNC(=S)O3)O1. The van der Waals surface area contributed by atoms with Gasteiger partial charge in [0, 0.05) is 13.0 Å². The zero-order valence-corrected chi connectivity index (χ0v) is 14.6. The Morgan fingerprint density at radius 1 is 1.04 bits per heavy atom. The first-order chi connectivity index (χ1) is 10.7. The summed E-state index contributed by atoms with van der Waals surface area (Å²) >= 11 is 5.25. The molecule has 4 saturated heterocycles. The molecule has 7 nitrogen and oxygen atoms in total. The van der Waals surface area contributed by atoms with Crippen molar-refractivity contribution in [1.29, 1.82) is 0 Å². The third-order valence-corrected chi connectivity index (χ3v) is 4.97. The molecule has 130 valence electrons. The molecule has 8 heteroatoms. The molecule has 4 heterocycles. The highest BCUT2D eigenvalue weighted by Gasteiger charge is 2.68. The average Bonchev–Trinajstić information content (AvgIpc) is 3.02. The highest BCUT2D eigenvalue weighted by Crippen LogP contribution is 2.49. The highest BCUT2D eigenvalue weighted by atomic mass is 32.1. The van der Waals surface area contributed by atoms with Crippen LogP contribution in [0.4, 0.5) is 0 Å². The fourth-order valence-corrected chi connectivity index (χ4v) is 4.13. The molecule has 0 aromatic heterocycles. The Hall–Kier alpha value is -0.510. The molecule has 4 aliphatic heterocycles. The summed E-state index contributed by atoms with van der Waals surface area (Å²) < 4.78 is 36.0. The number of fused-ring (bicyclic) bond motifs is 2. The van der Waals surface area contributed by atoms with E-state index >= 15 is 0 Å². The second kappa shape index (κ2) is 5.00. The third kappa shape index (κ3) is 2.56. The van der Waals surface area contributed by atoms with Gasteiger partial charge in [-0.2, -0.15) is 0 Å². The Labute approximate surface area is 140 Å². The molecule has 0 aliphatic carbocycles. The Morgan fingerprint density at radius 3 is 2.48 bits per heavy atom. The minimum atomic E-state index is -0.727. The number of rotatable bonds is 1. The first-order valence-corrected chi connectivity index (χ1v) is 8.41. The molecule has 4 rings (SSSR count). The summed E-state index contributed by atoms with van der Waals surface area (Å²) in [4.78, 5) is 0. The maximum Gasteiger partial charge on any atom is 0.257 e. The summed E-state index contributed by atoms with van der Waals surface area (Å²) in [6.07, 6.45) is -0.779. The zero-order chi connectivity index (χ0) is 16.5. The molecular formula is C15H23NO6S. The van der Waals surface area contributed by atoms with E-state index in [-0.39, 0.29) is 18.3 Å². The van der Waals surface area contributed by atoms with Crippen molar-refractivity contribution < 1.29 is 28.4 Å². The molecule has 1 N–H and O–H groups in total. The van der Waals surface area contributed by atoms with Crippen molar-refractivity contribution in [3.05, 3.63) is 0 Å². The van der Waals surface area contributed by atoms with Crippen molar-refractivity contribution in [2.24, 2.45) is 0 Å². The smallest absolute Gasteiger partial charge is 0.257 e. The molecule has 4 aliphatic rings. The normalized spacial score (nSPS) is 47.4. The number of nitrogens with one attached hydrogen (secondary N) is 1. The second-order valence-corrected chi connectivity index (χ2v) is 7.74. The summed E-state index contributed by atoms with van der Waals surface area (Å²) in [5.74, 6) is -1.35. The first-order valence-electron chi connectivity index (χ1n) is 8.01. The molecule has 0 unspecified atom stereocenters. The summed E-state index contributed by atoms with van der Waals surface area (Å²) in [7, 11) is 0. The van der Waals surface area contributed by atoms with Crippen molar-refractivity contribution >= 4 is 17.4 Å². The molecule has 5 atom stereocenters. The van der Waals surface area contributed by atoms with Gasteiger partial charge in [-0.15, -0.1) is 0 Å². The third-order valence-electron chi connectivity index (χ3n) is 4.74. The van der Waals surface area contributed by atoms with Crippen LogP contribution >= 0.6 is 12.2 Å². The molecular weight excluding hydrogens is 322 g/mol. The summed E-state index contributed by atoms with van der Waals surface area (Å²) in [5, 5.41) is 3.40. The van der Waals surface area contributed by atoms with Gasteiger partial charge >= 0.3 is 0 Å². The Morgan fingerprint density at radius 2 is 1.83 bits per heavy atom. The first kappa shape index (κ1) is 16.0. The minimum absolute atomic E-state index is 0.258. The van der Waals surface area contributed by atoms with Crippen molar-refractivity contribution in [3.8, 4) is 0 Å². The minimum Gasteiger partial charge on any atom is -0.458 e. The van der Waals surface area contributed by atoms with Crippen molar-refractivity contribution in [2.45, 2.75) is 75.9 Å². The summed E-state index contributed by atoms with van der Waals surface area (Å²) in [6.45, 7) is 8.65. The molecule has 0 aromatic carbocycles. The maximum absolute atomic E-state index is 6.18. The van der Waals surface area contributed by atoms with Gasteiger partial charge in [-0.25, -0.2) is 0 Å². The molecule has 0 radical (unpaired) electrons. The summed E-state index contributed by atoms with van der Waals surface area (Å²) in [6, 6.07) is 0. The van der Waals surface area contributed by atoms with Gasteiger partial charge in [0.15, 0.2) is 29.6 Å². The maximum atomic E-state index is 6.18. The van der Waals surface area contributed by atoms with E-state index < -0.39 is 23.5 Å². The zero-order valence-electron chi connectivity index (χ0n) is 13.8. The van der Waals surface area contributed by atoms with E-state index in [0.717, 1.165) is 0 Å². The van der Waals surface area contributed by atoms with Gasteiger partial charge in [0.25, 0.3) is 5.17 Å². The van der Waals surface area contributed by atoms with Crippen LogP contribution in [0.15, 0.2) is 0 Å². The second-order valence-electron chi connectivity index (χ2n) is 7.37. The summed E-state index contributed by atoms with van der Waals surface area (Å²) in [5.41, 5.74) is -0.727. The predicted octanol–water partition coefficient (Wildman–Crippen LogP) is 1.05. The topological polar surface area (TPSA) is 67.4 Å². The number of ether oxygens (including phenoxy) is 6. The van der Waals surface area contributed by atoms with Crippen LogP contribution in [0.25, 0.3) is 0 Å². The van der Waals surface area contributed by atoms with E-state index in [0.29, 0.717) is 24.7 Å². The van der Waals surface area contributed by atoms with Gasteiger partial charge in [-0.1, -0.05) is 0 Å². The lowest BCUT2D eigenvalue weighted by Crippen LogP contribution is -2.61. The van der Waals surface area contributed by atoms with Gasteiger partial charge in [0.2, 0.25) is 0 Å². The standard InChI is InChI=1S/C15H23NO6S/c1-13(2)17-7-8(19-13)9-15(5-6-16-12(23)22-15)10-11(18-9)21-14(3,4)20-10/h8-11H,5-7H2,1-4H3,(H,16,23)/t8-,9-,10+,11-,15-/m1/s1. The lowest BCUT2D eigenvalue weighted by atomic mass is 9.85. The Kier molecular flexibility index (Phi) is 3.47. The molecule has 0 amide bonds. The largest absolute Gasteiger partial charge is 0.458 e. The van der Waals surface area contributed by atoms with E-state index in [1.54, 1.807) is 0 Å². The Bertz CT molecular complexity index is 526. The van der Waals surface area contributed by atoms with Crippen LogP contribution in [0.1, 0.15) is 34.1 Å². The van der Waals surface area contributed by atoms with E-state index in [2.05, 4.69) is 5.32 Å². The average molecular weight is 345 g/mol. The van der Waals surface area contributed by atoms with Gasteiger partial charge in [0.1, 0.15) is 12.2 Å². The van der Waals surface area contributed by atoms with E-state index in [4.69, 9.17) is 40.6 Å². The molecule has 0 bridgehead atoms. The van der Waals surface area contributed by atoms with Crippen molar-refractivity contribution in [1.82, 2.24) is 5.32 Å². The lowest BCUT2D eigenvalue weighted by molar-refractivity contribution is -0.247. The van der Waals surface area contributed by atoms with Crippen LogP contribution in [-0.4, -0.2) is 60.1 Å². The highest BCUT2D eigenvalue weighted by molar-refractivity contribution is 7.80. The van der Waals surface area contributed by atoms with E-state index in [1.165, 1.54) is 0 Å². The molecule has 23 heavy (non-hydrogen) atoms. The van der Waals surface area contributed by atoms with Crippen LogP contribution in [0.3, 0.4) is 0 Å². The van der Waals surface area contributed by atoms with Crippen LogP contribution in [0.2, 0.25) is 0 Å². The van der Waals surface area contributed by atoms with Gasteiger partial charge in [-0.3, -0.25) is 0 Å². The van der Waals surface area contributed by atoms with Crippen molar-refractivity contribution in [3.63, 3.8) is 0 Å². The van der Waals surface area contributed by atoms with Gasteiger partial charge in [0.05, 0.1) is 6.61 Å². The van der Waals surface area contributed by atoms with Gasteiger partial charge in [-0.05, 0) is 39.9 Å². The van der Waals surface area contributed by atoms with Crippen LogP contribution in [-0.2, 0) is 28.4 Å². The van der Waals surface area contributed by atoms with E-state index in [1.807, 2.05) is 27.7 Å². The van der Waals surface area contributed by atoms with Crippen LogP contribution < -0.4 is 5.32 Å². The number of thiocarbonyl (C=S) groups is 1. The van der Waals surface area contributed by atoms with E-state index in [9.17, 15) is 0 Å². The number of hydrogen-bond donors (Lipinski definition) is 1. The van der Waals surface area contributed by atoms with Crippen LogP contribution in [0, 0.1) is 0 Å². The molecule has 0 aromatic rings. The van der Waals surface area contributed by atoms with Crippen molar-refractivity contribution in [2.75, 3.05) is 13.2 Å². The monoisotopic (exact) mass is 345 g/mol. The fourth-order valence-electron chi connectivity index (χ4n) is 3.87. The quantitative estimate of drug-likeness (QED) is 0.708. The fraction of sp³-hybridized carbons (Fsp3) is 0.933. The number of hydrogen-bond acceptors (Lipinski definition) is 7. The Balaban J connectivity index is 1.65. The predicted molar refractivity (Wildman–Crippen MR) is 82.6 cm³/mol.